The fourth-order valence-electron chi connectivity index (χ4n) is 3.06. The van der Waals surface area contributed by atoms with Crippen LogP contribution >= 0.6 is 0 Å². The van der Waals surface area contributed by atoms with E-state index in [0.29, 0.717) is 24.9 Å². The lowest BCUT2D eigenvalue weighted by atomic mass is 10.0. The summed E-state index contributed by atoms with van der Waals surface area (Å²) in [5.74, 6) is 1.35. The minimum Gasteiger partial charge on any atom is -0.379 e. The smallest absolute Gasteiger partial charge is 0.224 e. The maximum Gasteiger partial charge on any atom is 0.224 e. The van der Waals surface area contributed by atoms with Gasteiger partial charge in [0.1, 0.15) is 5.76 Å². The Balaban J connectivity index is 1.88. The number of amides is 1. The van der Waals surface area contributed by atoms with E-state index in [2.05, 4.69) is 29.2 Å². The Hall–Kier alpha value is -1.40. The fraction of sp³-hybridized carbons (Fsp3) is 0.765. The highest BCUT2D eigenvalue weighted by Crippen LogP contribution is 2.14. The number of carbonyl (C=O) groups is 1. The zero-order valence-corrected chi connectivity index (χ0v) is 14.7. The second-order valence-corrected chi connectivity index (χ2v) is 6.72. The zero-order chi connectivity index (χ0) is 16.8. The number of aryl methyl sites for hydroxylation is 2. The Kier molecular flexibility index (Phi) is 6.59. The highest BCUT2D eigenvalue weighted by atomic mass is 16.5. The van der Waals surface area contributed by atoms with E-state index in [0.717, 1.165) is 49.7 Å². The third kappa shape index (κ3) is 5.32. The molecule has 0 bridgehead atoms. The van der Waals surface area contributed by atoms with Crippen LogP contribution in [0, 0.1) is 19.8 Å². The normalized spacial score (nSPS) is 17.4. The van der Waals surface area contributed by atoms with Gasteiger partial charge >= 0.3 is 0 Å². The van der Waals surface area contributed by atoms with Gasteiger partial charge in [-0.15, -0.1) is 0 Å². The van der Waals surface area contributed by atoms with Gasteiger partial charge in [0, 0.05) is 31.2 Å². The molecular weight excluding hydrogens is 294 g/mol. The zero-order valence-electron chi connectivity index (χ0n) is 14.7. The summed E-state index contributed by atoms with van der Waals surface area (Å²) < 4.78 is 10.5. The molecule has 1 atom stereocenters. The lowest BCUT2D eigenvalue weighted by Gasteiger charge is -2.35. The summed E-state index contributed by atoms with van der Waals surface area (Å²) in [6.45, 7) is 12.3. The Bertz CT molecular complexity index is 488. The molecule has 0 aromatic carbocycles. The van der Waals surface area contributed by atoms with Crippen molar-refractivity contribution in [2.75, 3.05) is 32.8 Å². The fourth-order valence-corrected chi connectivity index (χ4v) is 3.06. The van der Waals surface area contributed by atoms with Crippen LogP contribution in [0.1, 0.15) is 37.3 Å². The molecule has 1 aliphatic rings. The van der Waals surface area contributed by atoms with Crippen molar-refractivity contribution in [1.82, 2.24) is 15.4 Å². The molecule has 2 rings (SSSR count). The average molecular weight is 323 g/mol. The van der Waals surface area contributed by atoms with E-state index in [9.17, 15) is 4.79 Å². The summed E-state index contributed by atoms with van der Waals surface area (Å²) in [7, 11) is 0. The monoisotopic (exact) mass is 323 g/mol. The molecule has 23 heavy (non-hydrogen) atoms. The first-order chi connectivity index (χ1) is 11.0. The first kappa shape index (κ1) is 17.9. The van der Waals surface area contributed by atoms with E-state index in [1.54, 1.807) is 0 Å². The topological polar surface area (TPSA) is 67.6 Å². The van der Waals surface area contributed by atoms with E-state index >= 15 is 0 Å². The molecule has 1 aromatic heterocycles. The van der Waals surface area contributed by atoms with Gasteiger partial charge in [-0.25, -0.2) is 0 Å². The molecule has 130 valence electrons. The van der Waals surface area contributed by atoms with Crippen LogP contribution in [0.5, 0.6) is 0 Å². The number of ether oxygens (including phenoxy) is 1. The van der Waals surface area contributed by atoms with Crippen LogP contribution in [0.3, 0.4) is 0 Å². The molecular formula is C17H29N3O3. The van der Waals surface area contributed by atoms with Crippen molar-refractivity contribution < 1.29 is 14.1 Å². The largest absolute Gasteiger partial charge is 0.379 e. The van der Waals surface area contributed by atoms with Crippen LogP contribution in [-0.4, -0.2) is 54.9 Å². The summed E-state index contributed by atoms with van der Waals surface area (Å²) in [5, 5.41) is 6.99. The van der Waals surface area contributed by atoms with Crippen molar-refractivity contribution in [2.24, 2.45) is 5.92 Å². The van der Waals surface area contributed by atoms with E-state index in [1.165, 1.54) is 0 Å². The number of hydrogen-bond acceptors (Lipinski definition) is 5. The van der Waals surface area contributed by atoms with Crippen molar-refractivity contribution in [3.63, 3.8) is 0 Å². The van der Waals surface area contributed by atoms with Crippen LogP contribution in [-0.2, 0) is 16.0 Å². The predicted molar refractivity (Wildman–Crippen MR) is 88.3 cm³/mol. The van der Waals surface area contributed by atoms with Crippen LogP contribution < -0.4 is 5.32 Å². The molecule has 1 fully saturated rings. The third-order valence-electron chi connectivity index (χ3n) is 4.36. The summed E-state index contributed by atoms with van der Waals surface area (Å²) >= 11 is 0. The first-order valence-corrected chi connectivity index (χ1v) is 8.47. The molecule has 1 saturated heterocycles. The molecule has 6 heteroatoms. The summed E-state index contributed by atoms with van der Waals surface area (Å²) in [6, 6.07) is 0.368. The Morgan fingerprint density at radius 2 is 2.00 bits per heavy atom. The number of morpholine rings is 1. The number of nitrogens with one attached hydrogen (secondary N) is 1. The number of rotatable bonds is 7. The second-order valence-electron chi connectivity index (χ2n) is 6.72. The minimum absolute atomic E-state index is 0.0291. The van der Waals surface area contributed by atoms with E-state index in [1.807, 2.05) is 13.8 Å². The van der Waals surface area contributed by atoms with Crippen LogP contribution in [0.25, 0.3) is 0 Å². The molecule has 0 saturated carbocycles. The second kappa shape index (κ2) is 8.45. The molecule has 1 aliphatic heterocycles. The van der Waals surface area contributed by atoms with Crippen LogP contribution in [0.15, 0.2) is 4.52 Å². The van der Waals surface area contributed by atoms with Gasteiger partial charge in [0.05, 0.1) is 25.3 Å². The van der Waals surface area contributed by atoms with E-state index < -0.39 is 0 Å². The summed E-state index contributed by atoms with van der Waals surface area (Å²) in [5.41, 5.74) is 1.69. The third-order valence-corrected chi connectivity index (χ3v) is 4.36. The standard InChI is InChI=1S/C17H29N3O3/c1-12(2)9-15(20-5-7-22-8-6-20)11-18-17(21)10-16-13(3)19-23-14(16)4/h12,15H,5-11H2,1-4H3,(H,18,21)/t15-/m0/s1. The van der Waals surface area contributed by atoms with Gasteiger partial charge in [-0.05, 0) is 26.2 Å². The maximum atomic E-state index is 12.3. The molecule has 0 spiro atoms. The van der Waals surface area contributed by atoms with Gasteiger partial charge in [-0.1, -0.05) is 19.0 Å². The average Bonchev–Trinajstić information content (AvgIpc) is 2.84. The lowest BCUT2D eigenvalue weighted by molar-refractivity contribution is -0.120. The van der Waals surface area contributed by atoms with Crippen LogP contribution in [0.4, 0.5) is 0 Å². The quantitative estimate of drug-likeness (QED) is 0.827. The molecule has 0 radical (unpaired) electrons. The van der Waals surface area contributed by atoms with E-state index in [-0.39, 0.29) is 5.91 Å². The summed E-state index contributed by atoms with van der Waals surface area (Å²) in [6.07, 6.45) is 1.41. The minimum atomic E-state index is 0.0291. The Morgan fingerprint density at radius 1 is 1.30 bits per heavy atom. The lowest BCUT2D eigenvalue weighted by Crippen LogP contribution is -2.49. The molecule has 2 heterocycles. The maximum absolute atomic E-state index is 12.3. The Morgan fingerprint density at radius 3 is 2.57 bits per heavy atom. The van der Waals surface area contributed by atoms with Crippen LogP contribution in [0.2, 0.25) is 0 Å². The number of hydrogen-bond donors (Lipinski definition) is 1. The first-order valence-electron chi connectivity index (χ1n) is 8.47. The molecule has 1 N–H and O–H groups in total. The Labute approximate surface area is 138 Å². The molecule has 0 unspecified atom stereocenters. The number of aromatic nitrogens is 1. The molecule has 1 aromatic rings. The number of nitrogens with zero attached hydrogens (tertiary/aromatic N) is 2. The van der Waals surface area contributed by atoms with Crippen molar-refractivity contribution in [1.29, 1.82) is 0 Å². The molecule has 1 amide bonds. The molecule has 0 aliphatic carbocycles. The van der Waals surface area contributed by atoms with Gasteiger partial charge < -0.3 is 14.6 Å². The van der Waals surface area contributed by atoms with Crippen molar-refractivity contribution in [3.8, 4) is 0 Å². The van der Waals surface area contributed by atoms with Gasteiger partial charge in [0.2, 0.25) is 5.91 Å². The predicted octanol–water partition coefficient (Wildman–Crippen LogP) is 1.70. The van der Waals surface area contributed by atoms with Gasteiger partial charge in [0.25, 0.3) is 0 Å². The van der Waals surface area contributed by atoms with E-state index in [4.69, 9.17) is 9.26 Å². The highest BCUT2D eigenvalue weighted by Gasteiger charge is 2.23. The van der Waals surface area contributed by atoms with Crippen molar-refractivity contribution in [3.05, 3.63) is 17.0 Å². The highest BCUT2D eigenvalue weighted by molar-refractivity contribution is 5.79. The summed E-state index contributed by atoms with van der Waals surface area (Å²) in [4.78, 5) is 14.7. The number of carbonyl (C=O) groups excluding carboxylic acids is 1. The van der Waals surface area contributed by atoms with Crippen molar-refractivity contribution in [2.45, 2.75) is 46.6 Å². The van der Waals surface area contributed by atoms with Gasteiger partial charge in [0.15, 0.2) is 0 Å². The molecule has 6 nitrogen and oxygen atoms in total. The van der Waals surface area contributed by atoms with Gasteiger partial charge in [-0.3, -0.25) is 9.69 Å². The van der Waals surface area contributed by atoms with Gasteiger partial charge in [-0.2, -0.15) is 0 Å². The SMILES string of the molecule is Cc1noc(C)c1CC(=O)NC[C@H](CC(C)C)N1CCOCC1. The van der Waals surface area contributed by atoms with Crippen molar-refractivity contribution >= 4 is 5.91 Å².